The van der Waals surface area contributed by atoms with Crippen LogP contribution in [0.1, 0.15) is 31.2 Å². The van der Waals surface area contributed by atoms with E-state index in [0.717, 1.165) is 25.9 Å². The largest absolute Gasteiger partial charge is 0.399 e. The van der Waals surface area contributed by atoms with Gasteiger partial charge >= 0.3 is 0 Å². The van der Waals surface area contributed by atoms with Crippen LogP contribution in [0.3, 0.4) is 0 Å². The molecule has 6 heteroatoms. The van der Waals surface area contributed by atoms with E-state index in [1.807, 2.05) is 0 Å². The smallest absolute Gasteiger partial charge is 0.215 e. The number of hydrogen-bond acceptors (Lipinski definition) is 4. The minimum atomic E-state index is -3.31. The summed E-state index contributed by atoms with van der Waals surface area (Å²) in [5.74, 6) is -0.0381. The Morgan fingerprint density at radius 3 is 2.90 bits per heavy atom. The van der Waals surface area contributed by atoms with Crippen molar-refractivity contribution in [1.82, 2.24) is 4.72 Å². The molecule has 1 fully saturated rings. The number of hydrogen-bond donors (Lipinski definition) is 2. The van der Waals surface area contributed by atoms with E-state index < -0.39 is 10.0 Å². The molecule has 0 amide bonds. The molecule has 1 aromatic rings. The Hall–Kier alpha value is -1.11. The molecular weight excluding hydrogens is 276 g/mol. The third-order valence-electron chi connectivity index (χ3n) is 3.37. The molecule has 0 aliphatic carbocycles. The van der Waals surface area contributed by atoms with Gasteiger partial charge in [-0.1, -0.05) is 12.1 Å². The monoisotopic (exact) mass is 298 g/mol. The van der Waals surface area contributed by atoms with E-state index in [1.54, 1.807) is 24.3 Å². The molecule has 2 rings (SSSR count). The highest BCUT2D eigenvalue weighted by Gasteiger charge is 2.16. The summed E-state index contributed by atoms with van der Waals surface area (Å²) in [6.45, 7) is 1.22. The van der Waals surface area contributed by atoms with Crippen LogP contribution in [0.15, 0.2) is 24.3 Å². The molecule has 1 aliphatic rings. The minimum absolute atomic E-state index is 0.0381. The number of anilines is 1. The minimum Gasteiger partial charge on any atom is -0.399 e. The quantitative estimate of drug-likeness (QED) is 0.782. The van der Waals surface area contributed by atoms with Crippen LogP contribution in [-0.4, -0.2) is 27.7 Å². The molecule has 1 unspecified atom stereocenters. The van der Waals surface area contributed by atoms with E-state index in [1.165, 1.54) is 6.42 Å². The van der Waals surface area contributed by atoms with E-state index in [9.17, 15) is 8.42 Å². The highest BCUT2D eigenvalue weighted by atomic mass is 32.2. The first-order chi connectivity index (χ1) is 9.55. The highest BCUT2D eigenvalue weighted by molar-refractivity contribution is 7.88. The van der Waals surface area contributed by atoms with E-state index in [4.69, 9.17) is 10.5 Å². The van der Waals surface area contributed by atoms with Gasteiger partial charge in [0.15, 0.2) is 0 Å². The highest BCUT2D eigenvalue weighted by Crippen LogP contribution is 2.15. The summed E-state index contributed by atoms with van der Waals surface area (Å²) in [6.07, 6.45) is 4.23. The molecule has 1 heterocycles. The number of nitrogens with two attached hydrogens (primary N) is 1. The lowest BCUT2D eigenvalue weighted by Crippen LogP contribution is -2.30. The average molecular weight is 298 g/mol. The fourth-order valence-electron chi connectivity index (χ4n) is 2.36. The van der Waals surface area contributed by atoms with Crippen LogP contribution in [0.2, 0.25) is 0 Å². The molecule has 112 valence electrons. The number of rotatable bonds is 6. The molecule has 1 atom stereocenters. The zero-order chi connectivity index (χ0) is 14.4. The van der Waals surface area contributed by atoms with Crippen LogP contribution < -0.4 is 10.5 Å². The van der Waals surface area contributed by atoms with Crippen molar-refractivity contribution in [3.05, 3.63) is 29.8 Å². The molecule has 1 saturated heterocycles. The average Bonchev–Trinajstić information content (AvgIpc) is 2.39. The molecule has 0 bridgehead atoms. The summed E-state index contributed by atoms with van der Waals surface area (Å²) in [6, 6.07) is 6.95. The van der Waals surface area contributed by atoms with Gasteiger partial charge in [-0.3, -0.25) is 0 Å². The summed E-state index contributed by atoms with van der Waals surface area (Å²) in [4.78, 5) is 0. The van der Waals surface area contributed by atoms with Crippen molar-refractivity contribution in [2.24, 2.45) is 0 Å². The van der Waals surface area contributed by atoms with Gasteiger partial charge in [0.25, 0.3) is 0 Å². The Kier molecular flexibility index (Phi) is 5.39. The van der Waals surface area contributed by atoms with Gasteiger partial charge < -0.3 is 10.5 Å². The maximum absolute atomic E-state index is 12.0. The third-order valence-corrected chi connectivity index (χ3v) is 4.73. The number of nitrogens with one attached hydrogen (secondary N) is 1. The van der Waals surface area contributed by atoms with Gasteiger partial charge in [-0.05, 0) is 43.4 Å². The second-order valence-corrected chi connectivity index (χ2v) is 6.98. The van der Waals surface area contributed by atoms with Crippen molar-refractivity contribution in [3.63, 3.8) is 0 Å². The Balaban J connectivity index is 1.78. The summed E-state index contributed by atoms with van der Waals surface area (Å²) >= 11 is 0. The molecule has 20 heavy (non-hydrogen) atoms. The van der Waals surface area contributed by atoms with Crippen molar-refractivity contribution in [3.8, 4) is 0 Å². The van der Waals surface area contributed by atoms with Crippen LogP contribution >= 0.6 is 0 Å². The molecule has 0 spiro atoms. The summed E-state index contributed by atoms with van der Waals surface area (Å²) in [5.41, 5.74) is 6.92. The van der Waals surface area contributed by atoms with Crippen LogP contribution in [0.4, 0.5) is 5.69 Å². The van der Waals surface area contributed by atoms with Crippen molar-refractivity contribution in [2.45, 2.75) is 37.5 Å². The lowest BCUT2D eigenvalue weighted by atomic mass is 10.1. The molecular formula is C14H22N2O3S. The zero-order valence-corrected chi connectivity index (χ0v) is 12.4. The van der Waals surface area contributed by atoms with Crippen molar-refractivity contribution < 1.29 is 13.2 Å². The maximum Gasteiger partial charge on any atom is 0.215 e. The predicted octanol–water partition coefficient (Wildman–Crippen LogP) is 1.65. The van der Waals surface area contributed by atoms with Crippen molar-refractivity contribution in [2.75, 3.05) is 18.9 Å². The zero-order valence-electron chi connectivity index (χ0n) is 11.5. The van der Waals surface area contributed by atoms with Gasteiger partial charge in [0.1, 0.15) is 0 Å². The SMILES string of the molecule is Nc1cccc(CS(=O)(=O)NCCC2CCCCO2)c1. The second kappa shape index (κ2) is 7.06. The first kappa shape index (κ1) is 15.3. The Labute approximate surface area is 120 Å². The Bertz CT molecular complexity index is 525. The molecule has 3 N–H and O–H groups in total. The maximum atomic E-state index is 12.0. The van der Waals surface area contributed by atoms with Gasteiger partial charge in [0.05, 0.1) is 11.9 Å². The van der Waals surface area contributed by atoms with Gasteiger partial charge in [-0.2, -0.15) is 0 Å². The summed E-state index contributed by atoms with van der Waals surface area (Å²) in [7, 11) is -3.31. The first-order valence-electron chi connectivity index (χ1n) is 6.98. The number of ether oxygens (including phenoxy) is 1. The molecule has 0 saturated carbocycles. The summed E-state index contributed by atoms with van der Waals surface area (Å²) in [5, 5.41) is 0. The Morgan fingerprint density at radius 1 is 1.35 bits per heavy atom. The number of nitrogen functional groups attached to an aromatic ring is 1. The normalized spacial score (nSPS) is 19.9. The third kappa shape index (κ3) is 5.11. The predicted molar refractivity (Wildman–Crippen MR) is 79.7 cm³/mol. The van der Waals surface area contributed by atoms with Crippen LogP contribution in [0.25, 0.3) is 0 Å². The molecule has 0 radical (unpaired) electrons. The molecule has 1 aliphatic heterocycles. The van der Waals surface area contributed by atoms with Crippen LogP contribution in [0, 0.1) is 0 Å². The Morgan fingerprint density at radius 2 is 2.20 bits per heavy atom. The number of benzene rings is 1. The van der Waals surface area contributed by atoms with E-state index in [0.29, 0.717) is 17.8 Å². The van der Waals surface area contributed by atoms with Crippen molar-refractivity contribution in [1.29, 1.82) is 0 Å². The van der Waals surface area contributed by atoms with Crippen LogP contribution in [-0.2, 0) is 20.5 Å². The van der Waals surface area contributed by atoms with Crippen molar-refractivity contribution >= 4 is 15.7 Å². The number of sulfonamides is 1. The second-order valence-electron chi connectivity index (χ2n) is 5.18. The summed E-state index contributed by atoms with van der Waals surface area (Å²) < 4.78 is 32.1. The van der Waals surface area contributed by atoms with Crippen LogP contribution in [0.5, 0.6) is 0 Å². The lowest BCUT2D eigenvalue weighted by molar-refractivity contribution is 0.0123. The molecule has 0 aromatic heterocycles. The topological polar surface area (TPSA) is 81.4 Å². The first-order valence-corrected chi connectivity index (χ1v) is 8.64. The molecule has 1 aromatic carbocycles. The fraction of sp³-hybridized carbons (Fsp3) is 0.571. The van der Waals surface area contributed by atoms with E-state index in [-0.39, 0.29) is 11.9 Å². The van der Waals surface area contributed by atoms with Gasteiger partial charge in [-0.25, -0.2) is 13.1 Å². The van der Waals surface area contributed by atoms with Gasteiger partial charge in [-0.15, -0.1) is 0 Å². The van der Waals surface area contributed by atoms with Gasteiger partial charge in [0.2, 0.25) is 10.0 Å². The standard InChI is InChI=1S/C14H22N2O3S/c15-13-5-3-4-12(10-13)11-20(17,18)16-8-7-14-6-1-2-9-19-14/h3-5,10,14,16H,1-2,6-9,11,15H2. The molecule has 5 nitrogen and oxygen atoms in total. The fourth-order valence-corrected chi connectivity index (χ4v) is 3.51. The van der Waals surface area contributed by atoms with Gasteiger partial charge in [0, 0.05) is 18.8 Å². The van der Waals surface area contributed by atoms with E-state index in [2.05, 4.69) is 4.72 Å². The van der Waals surface area contributed by atoms with E-state index >= 15 is 0 Å². The lowest BCUT2D eigenvalue weighted by Gasteiger charge is -2.22.